The summed E-state index contributed by atoms with van der Waals surface area (Å²) in [5, 5.41) is 6.21. The van der Waals surface area contributed by atoms with Crippen molar-refractivity contribution in [3.8, 4) is 0 Å². The molecule has 2 aliphatic heterocycles. The van der Waals surface area contributed by atoms with E-state index in [2.05, 4.69) is 10.6 Å². The second kappa shape index (κ2) is 7.14. The Balaban J connectivity index is 1.35. The molecule has 4 heteroatoms. The van der Waals surface area contributed by atoms with Crippen molar-refractivity contribution in [1.29, 1.82) is 0 Å². The normalized spacial score (nSPS) is 33.2. The van der Waals surface area contributed by atoms with Gasteiger partial charge in [0.2, 0.25) is 0 Å². The number of hydrogen-bond donors (Lipinski definition) is 3. The highest BCUT2D eigenvalue weighted by atomic mass is 16.2. The number of rotatable bonds is 3. The second-order valence-electron chi connectivity index (χ2n) is 7.94. The first-order chi connectivity index (χ1) is 11.8. The molecule has 2 saturated heterocycles. The Morgan fingerprint density at radius 3 is 2.17 bits per heavy atom. The fraction of sp³-hybridized carbons (Fsp3) is 0.650. The quantitative estimate of drug-likeness (QED) is 0.785. The summed E-state index contributed by atoms with van der Waals surface area (Å²) in [6.07, 6.45) is 12.1. The number of para-hydroxylation sites is 1. The molecule has 3 fully saturated rings. The molecule has 0 spiro atoms. The number of hydrogen-bond acceptors (Lipinski definition) is 1. The summed E-state index contributed by atoms with van der Waals surface area (Å²) >= 11 is 0. The number of fused-ring (bicyclic) bond motifs is 2. The summed E-state index contributed by atoms with van der Waals surface area (Å²) in [5.74, 6) is 0. The van der Waals surface area contributed by atoms with Gasteiger partial charge >= 0.3 is 6.03 Å². The van der Waals surface area contributed by atoms with Crippen LogP contribution in [0.4, 0.5) is 10.5 Å². The van der Waals surface area contributed by atoms with Crippen molar-refractivity contribution in [2.45, 2.75) is 82.0 Å². The van der Waals surface area contributed by atoms with Gasteiger partial charge in [0.05, 0.1) is 18.1 Å². The Labute approximate surface area is 145 Å². The molecule has 2 amide bonds. The molecule has 4 atom stereocenters. The van der Waals surface area contributed by atoms with E-state index in [9.17, 15) is 4.79 Å². The van der Waals surface area contributed by atoms with Crippen molar-refractivity contribution in [2.24, 2.45) is 0 Å². The molecular weight excluding hydrogens is 298 g/mol. The molecular formula is C20H30N3O+. The molecule has 1 aliphatic carbocycles. The summed E-state index contributed by atoms with van der Waals surface area (Å²) in [4.78, 5) is 14.2. The maximum atomic E-state index is 12.3. The Kier molecular flexibility index (Phi) is 4.74. The van der Waals surface area contributed by atoms with Gasteiger partial charge in [-0.25, -0.2) is 4.79 Å². The van der Waals surface area contributed by atoms with Crippen molar-refractivity contribution in [3.05, 3.63) is 30.3 Å². The van der Waals surface area contributed by atoms with Gasteiger partial charge in [-0.2, -0.15) is 0 Å². The van der Waals surface area contributed by atoms with Gasteiger partial charge in [-0.1, -0.05) is 18.2 Å². The third kappa shape index (κ3) is 3.44. The topological polar surface area (TPSA) is 45.6 Å². The van der Waals surface area contributed by atoms with Crippen molar-refractivity contribution < 1.29 is 9.69 Å². The summed E-state index contributed by atoms with van der Waals surface area (Å²) in [5.41, 5.74) is 0.865. The maximum absolute atomic E-state index is 12.3. The van der Waals surface area contributed by atoms with E-state index in [1.54, 1.807) is 0 Å². The zero-order valence-corrected chi connectivity index (χ0v) is 14.5. The minimum absolute atomic E-state index is 0.0476. The highest BCUT2D eigenvalue weighted by Gasteiger charge is 2.45. The number of benzene rings is 1. The van der Waals surface area contributed by atoms with Gasteiger partial charge in [0.1, 0.15) is 0 Å². The van der Waals surface area contributed by atoms with Crippen LogP contribution in [0.25, 0.3) is 0 Å². The number of carbonyl (C=O) groups excluding carboxylic acids is 1. The van der Waals surface area contributed by atoms with E-state index in [-0.39, 0.29) is 6.03 Å². The molecule has 0 aromatic heterocycles. The van der Waals surface area contributed by atoms with Crippen LogP contribution < -0.4 is 15.5 Å². The minimum Gasteiger partial charge on any atom is -0.335 e. The molecule has 130 valence electrons. The molecule has 1 saturated carbocycles. The summed E-state index contributed by atoms with van der Waals surface area (Å²) in [7, 11) is 0. The lowest BCUT2D eigenvalue weighted by molar-refractivity contribution is -0.982. The maximum Gasteiger partial charge on any atom is 0.319 e. The Hall–Kier alpha value is -1.55. The van der Waals surface area contributed by atoms with E-state index < -0.39 is 0 Å². The first kappa shape index (κ1) is 15.9. The molecule has 2 unspecified atom stereocenters. The van der Waals surface area contributed by atoms with Gasteiger partial charge in [-0.3, -0.25) is 0 Å². The largest absolute Gasteiger partial charge is 0.335 e. The van der Waals surface area contributed by atoms with Crippen molar-refractivity contribution in [2.75, 3.05) is 5.32 Å². The Morgan fingerprint density at radius 2 is 1.50 bits per heavy atom. The van der Waals surface area contributed by atoms with Gasteiger partial charge in [-0.15, -0.1) is 0 Å². The average molecular weight is 328 g/mol. The van der Waals surface area contributed by atoms with Crippen LogP contribution in [0.15, 0.2) is 30.3 Å². The molecule has 4 rings (SSSR count). The molecule has 1 aromatic carbocycles. The number of carbonyl (C=O) groups is 1. The SMILES string of the molecule is O=C(Nc1ccccc1)NC1C[C@H]2CCC[C@@H](C1)[NH+]2C1CCCC1. The molecule has 2 heterocycles. The zero-order chi connectivity index (χ0) is 16.4. The van der Waals surface area contributed by atoms with E-state index in [0.717, 1.165) is 36.7 Å². The first-order valence-corrected chi connectivity index (χ1v) is 9.79. The van der Waals surface area contributed by atoms with E-state index in [0.29, 0.717) is 6.04 Å². The summed E-state index contributed by atoms with van der Waals surface area (Å²) in [6, 6.07) is 12.5. The van der Waals surface area contributed by atoms with Crippen LogP contribution in [0.2, 0.25) is 0 Å². The fourth-order valence-electron chi connectivity index (χ4n) is 5.49. The highest BCUT2D eigenvalue weighted by Crippen LogP contribution is 2.26. The van der Waals surface area contributed by atoms with Gasteiger partial charge in [0.15, 0.2) is 0 Å². The van der Waals surface area contributed by atoms with E-state index >= 15 is 0 Å². The van der Waals surface area contributed by atoms with E-state index in [1.165, 1.54) is 44.9 Å². The van der Waals surface area contributed by atoms with Gasteiger partial charge in [0.25, 0.3) is 0 Å². The van der Waals surface area contributed by atoms with Crippen LogP contribution in [-0.2, 0) is 0 Å². The van der Waals surface area contributed by atoms with Crippen LogP contribution in [0.3, 0.4) is 0 Å². The molecule has 3 aliphatic rings. The summed E-state index contributed by atoms with van der Waals surface area (Å²) < 4.78 is 0. The molecule has 4 nitrogen and oxygen atoms in total. The number of amides is 2. The first-order valence-electron chi connectivity index (χ1n) is 9.79. The lowest BCUT2D eigenvalue weighted by Crippen LogP contribution is -3.24. The van der Waals surface area contributed by atoms with Crippen LogP contribution in [0, 0.1) is 0 Å². The molecule has 3 N–H and O–H groups in total. The van der Waals surface area contributed by atoms with Gasteiger partial charge < -0.3 is 15.5 Å². The third-order valence-electron chi connectivity index (χ3n) is 6.38. The van der Waals surface area contributed by atoms with Crippen molar-refractivity contribution >= 4 is 11.7 Å². The Morgan fingerprint density at radius 1 is 0.875 bits per heavy atom. The van der Waals surface area contributed by atoms with Gasteiger partial charge in [0, 0.05) is 24.6 Å². The lowest BCUT2D eigenvalue weighted by atomic mass is 9.80. The molecule has 0 radical (unpaired) electrons. The number of anilines is 1. The van der Waals surface area contributed by atoms with Crippen LogP contribution in [0.1, 0.15) is 57.8 Å². The number of piperidine rings is 2. The Bertz CT molecular complexity index is 541. The standard InChI is InChI=1S/C20H29N3O/c24-20(21-15-7-2-1-3-8-15)22-16-13-18-11-6-12-19(14-16)23(18)17-9-4-5-10-17/h1-3,7-8,16-19H,4-6,9-14H2,(H2,21,22,24)/p+1/t16?,18-,19+. The minimum atomic E-state index is -0.0476. The van der Waals surface area contributed by atoms with Crippen molar-refractivity contribution in [1.82, 2.24) is 5.32 Å². The lowest BCUT2D eigenvalue weighted by Gasteiger charge is -2.48. The molecule has 1 aromatic rings. The number of quaternary nitrogens is 1. The predicted molar refractivity (Wildman–Crippen MR) is 96.3 cm³/mol. The summed E-state index contributed by atoms with van der Waals surface area (Å²) in [6.45, 7) is 0. The van der Waals surface area contributed by atoms with E-state index in [4.69, 9.17) is 0 Å². The zero-order valence-electron chi connectivity index (χ0n) is 14.5. The van der Waals surface area contributed by atoms with Crippen LogP contribution >= 0.6 is 0 Å². The second-order valence-corrected chi connectivity index (χ2v) is 7.94. The molecule has 24 heavy (non-hydrogen) atoms. The van der Waals surface area contributed by atoms with E-state index in [1.807, 2.05) is 35.2 Å². The smallest absolute Gasteiger partial charge is 0.319 e. The number of urea groups is 1. The molecule has 2 bridgehead atoms. The number of nitrogens with one attached hydrogen (secondary N) is 3. The predicted octanol–water partition coefficient (Wildman–Crippen LogP) is 2.72. The van der Waals surface area contributed by atoms with Crippen LogP contribution in [-0.4, -0.2) is 30.2 Å². The highest BCUT2D eigenvalue weighted by molar-refractivity contribution is 5.89. The monoisotopic (exact) mass is 328 g/mol. The van der Waals surface area contributed by atoms with Crippen molar-refractivity contribution in [3.63, 3.8) is 0 Å². The van der Waals surface area contributed by atoms with Gasteiger partial charge in [-0.05, 0) is 57.1 Å². The fourth-order valence-corrected chi connectivity index (χ4v) is 5.49. The average Bonchev–Trinajstić information content (AvgIpc) is 3.09. The van der Waals surface area contributed by atoms with Crippen LogP contribution in [0.5, 0.6) is 0 Å². The third-order valence-corrected chi connectivity index (χ3v) is 6.38.